The van der Waals surface area contributed by atoms with Gasteiger partial charge in [-0.3, -0.25) is 14.6 Å². The van der Waals surface area contributed by atoms with Crippen LogP contribution < -0.4 is 10.6 Å². The maximum absolute atomic E-state index is 12.8. The summed E-state index contributed by atoms with van der Waals surface area (Å²) < 4.78 is 0. The maximum Gasteiger partial charge on any atom is 0.256 e. The molecule has 0 spiro atoms. The average Bonchev–Trinajstić information content (AvgIpc) is 2.77. The zero-order valence-corrected chi connectivity index (χ0v) is 18.9. The van der Waals surface area contributed by atoms with E-state index in [0.717, 1.165) is 22.4 Å². The summed E-state index contributed by atoms with van der Waals surface area (Å²) in [5.41, 5.74) is 4.77. The van der Waals surface area contributed by atoms with Crippen molar-refractivity contribution in [2.24, 2.45) is 0 Å². The second-order valence-electron chi connectivity index (χ2n) is 8.38. The van der Waals surface area contributed by atoms with Crippen molar-refractivity contribution >= 4 is 23.2 Å². The molecule has 1 aromatic heterocycles. The highest BCUT2D eigenvalue weighted by molar-refractivity contribution is 6.08. The lowest BCUT2D eigenvalue weighted by atomic mass is 9.85. The Kier molecular flexibility index (Phi) is 6.40. The molecule has 0 bridgehead atoms. The third kappa shape index (κ3) is 5.01. The van der Waals surface area contributed by atoms with Crippen molar-refractivity contribution in [3.8, 4) is 6.07 Å². The van der Waals surface area contributed by atoms with Gasteiger partial charge in [0, 0.05) is 22.5 Å². The molecule has 1 heterocycles. The number of nitrogens with one attached hydrogen (secondary N) is 2. The molecule has 0 atom stereocenters. The van der Waals surface area contributed by atoms with Crippen molar-refractivity contribution < 1.29 is 9.59 Å². The molecule has 0 fully saturated rings. The predicted molar refractivity (Wildman–Crippen MR) is 126 cm³/mol. The van der Waals surface area contributed by atoms with Crippen LogP contribution in [-0.2, 0) is 5.41 Å². The first-order valence-corrected chi connectivity index (χ1v) is 10.3. The second-order valence-corrected chi connectivity index (χ2v) is 8.38. The number of carbonyl (C=O) groups is 2. The molecule has 162 valence electrons. The molecule has 6 nitrogen and oxygen atoms in total. The van der Waals surface area contributed by atoms with Crippen molar-refractivity contribution in [1.29, 1.82) is 5.26 Å². The zero-order valence-electron chi connectivity index (χ0n) is 18.9. The molecular weight excluding hydrogens is 400 g/mol. The minimum atomic E-state index is -0.700. The number of rotatable bonds is 5. The van der Waals surface area contributed by atoms with E-state index in [4.69, 9.17) is 0 Å². The van der Waals surface area contributed by atoms with Gasteiger partial charge in [0.25, 0.3) is 11.8 Å². The number of anilines is 2. The van der Waals surface area contributed by atoms with Crippen LogP contribution in [0, 0.1) is 32.1 Å². The standard InChI is InChI=1S/C26H26N4O2/c1-16-9-10-21(13-23(16)25(32)30-22-11-17(2)18(3)28-14-22)29-24(31)19-7-6-8-20(12-19)26(4,5)15-27/h6-14H,1-5H3,(H,29,31)(H,30,32). The molecule has 2 N–H and O–H groups in total. The van der Waals surface area contributed by atoms with Gasteiger partial charge in [-0.05, 0) is 81.6 Å². The van der Waals surface area contributed by atoms with Gasteiger partial charge in [0.15, 0.2) is 0 Å². The van der Waals surface area contributed by atoms with E-state index in [9.17, 15) is 14.9 Å². The molecule has 2 aromatic carbocycles. The summed E-state index contributed by atoms with van der Waals surface area (Å²) >= 11 is 0. The molecule has 0 saturated carbocycles. The summed E-state index contributed by atoms with van der Waals surface area (Å²) in [5.74, 6) is -0.587. The second kappa shape index (κ2) is 9.03. The van der Waals surface area contributed by atoms with Crippen molar-refractivity contribution in [2.45, 2.75) is 40.0 Å². The SMILES string of the molecule is Cc1ccc(NC(=O)c2cccc(C(C)(C)C#N)c2)cc1C(=O)Nc1cnc(C)c(C)c1. The number of pyridine rings is 1. The normalized spacial score (nSPS) is 10.9. The molecular formula is C26H26N4O2. The number of aryl methyl sites for hydroxylation is 3. The number of hydrogen-bond acceptors (Lipinski definition) is 4. The van der Waals surface area contributed by atoms with Crippen molar-refractivity contribution in [2.75, 3.05) is 10.6 Å². The van der Waals surface area contributed by atoms with E-state index in [2.05, 4.69) is 21.7 Å². The largest absolute Gasteiger partial charge is 0.322 e. The van der Waals surface area contributed by atoms with Crippen LogP contribution in [0.5, 0.6) is 0 Å². The lowest BCUT2D eigenvalue weighted by Gasteiger charge is -2.16. The highest BCUT2D eigenvalue weighted by atomic mass is 16.2. The summed E-state index contributed by atoms with van der Waals surface area (Å²) in [6.07, 6.45) is 1.62. The van der Waals surface area contributed by atoms with Gasteiger partial charge in [-0.15, -0.1) is 0 Å². The fraction of sp³-hybridized carbons (Fsp3) is 0.231. The molecule has 0 radical (unpaired) electrons. The Morgan fingerprint density at radius 1 is 0.906 bits per heavy atom. The quantitative estimate of drug-likeness (QED) is 0.578. The Bertz CT molecular complexity index is 1240. The van der Waals surface area contributed by atoms with Crippen LogP contribution in [-0.4, -0.2) is 16.8 Å². The summed E-state index contributed by atoms with van der Waals surface area (Å²) in [6, 6.07) is 16.3. The number of hydrogen-bond donors (Lipinski definition) is 2. The summed E-state index contributed by atoms with van der Waals surface area (Å²) in [4.78, 5) is 29.9. The van der Waals surface area contributed by atoms with E-state index in [1.165, 1.54) is 0 Å². The van der Waals surface area contributed by atoms with Crippen molar-refractivity contribution in [1.82, 2.24) is 4.98 Å². The van der Waals surface area contributed by atoms with Crippen LogP contribution in [0.15, 0.2) is 54.7 Å². The topological polar surface area (TPSA) is 94.9 Å². The van der Waals surface area contributed by atoms with Crippen LogP contribution in [0.2, 0.25) is 0 Å². The third-order valence-corrected chi connectivity index (χ3v) is 5.46. The van der Waals surface area contributed by atoms with Gasteiger partial charge in [-0.1, -0.05) is 18.2 Å². The number of carbonyl (C=O) groups excluding carboxylic acids is 2. The smallest absolute Gasteiger partial charge is 0.256 e. The van der Waals surface area contributed by atoms with Gasteiger partial charge in [-0.25, -0.2) is 0 Å². The molecule has 2 amide bonds. The van der Waals surface area contributed by atoms with Gasteiger partial charge < -0.3 is 10.6 Å². The van der Waals surface area contributed by atoms with E-state index < -0.39 is 5.41 Å². The molecule has 0 saturated heterocycles. The third-order valence-electron chi connectivity index (χ3n) is 5.46. The molecule has 3 rings (SSSR count). The van der Waals surface area contributed by atoms with Crippen LogP contribution in [0.3, 0.4) is 0 Å². The molecule has 32 heavy (non-hydrogen) atoms. The Hall–Kier alpha value is -3.98. The van der Waals surface area contributed by atoms with Gasteiger partial charge >= 0.3 is 0 Å². The van der Waals surface area contributed by atoms with Crippen LogP contribution >= 0.6 is 0 Å². The van der Waals surface area contributed by atoms with Gasteiger partial charge in [0.1, 0.15) is 0 Å². The lowest BCUT2D eigenvalue weighted by molar-refractivity contribution is 0.101. The Balaban J connectivity index is 1.80. The average molecular weight is 427 g/mol. The van der Waals surface area contributed by atoms with Crippen molar-refractivity contribution in [3.05, 3.63) is 88.2 Å². The summed E-state index contributed by atoms with van der Waals surface area (Å²) in [5, 5.41) is 15.1. The van der Waals surface area contributed by atoms with Gasteiger partial charge in [-0.2, -0.15) is 5.26 Å². The van der Waals surface area contributed by atoms with E-state index in [1.54, 1.807) is 56.4 Å². The zero-order chi connectivity index (χ0) is 23.5. The highest BCUT2D eigenvalue weighted by Gasteiger charge is 2.21. The van der Waals surface area contributed by atoms with Crippen LogP contribution in [0.1, 0.15) is 56.9 Å². The molecule has 0 aliphatic carbocycles. The monoisotopic (exact) mass is 426 g/mol. The van der Waals surface area contributed by atoms with E-state index >= 15 is 0 Å². The number of amides is 2. The van der Waals surface area contributed by atoms with Crippen LogP contribution in [0.4, 0.5) is 11.4 Å². The minimum absolute atomic E-state index is 0.276. The van der Waals surface area contributed by atoms with E-state index in [-0.39, 0.29) is 11.8 Å². The Labute approximate surface area is 188 Å². The first-order chi connectivity index (χ1) is 15.1. The minimum Gasteiger partial charge on any atom is -0.322 e. The molecule has 3 aromatic rings. The fourth-order valence-corrected chi connectivity index (χ4v) is 3.17. The highest BCUT2D eigenvalue weighted by Crippen LogP contribution is 2.24. The number of aromatic nitrogens is 1. The fourth-order valence-electron chi connectivity index (χ4n) is 3.17. The first kappa shape index (κ1) is 22.7. The molecule has 0 aliphatic rings. The predicted octanol–water partition coefficient (Wildman–Crippen LogP) is 5.31. The van der Waals surface area contributed by atoms with Crippen LogP contribution in [0.25, 0.3) is 0 Å². The Morgan fingerprint density at radius 2 is 1.62 bits per heavy atom. The van der Waals surface area contributed by atoms with Gasteiger partial charge in [0.2, 0.25) is 0 Å². The molecule has 0 unspecified atom stereocenters. The van der Waals surface area contributed by atoms with Gasteiger partial charge in [0.05, 0.1) is 23.4 Å². The number of nitrogens with zero attached hydrogens (tertiary/aromatic N) is 2. The van der Waals surface area contributed by atoms with Crippen molar-refractivity contribution in [3.63, 3.8) is 0 Å². The molecule has 0 aliphatic heterocycles. The Morgan fingerprint density at radius 3 is 2.31 bits per heavy atom. The summed E-state index contributed by atoms with van der Waals surface area (Å²) in [7, 11) is 0. The lowest BCUT2D eigenvalue weighted by Crippen LogP contribution is -2.18. The van der Waals surface area contributed by atoms with E-state index in [1.807, 2.05) is 32.9 Å². The first-order valence-electron chi connectivity index (χ1n) is 10.3. The van der Waals surface area contributed by atoms with E-state index in [0.29, 0.717) is 22.5 Å². The number of nitriles is 1. The molecule has 6 heteroatoms. The number of benzene rings is 2. The summed E-state index contributed by atoms with van der Waals surface area (Å²) in [6.45, 7) is 9.30. The maximum atomic E-state index is 12.8.